The molecule has 2 rings (SSSR count). The van der Waals surface area contributed by atoms with Gasteiger partial charge in [0.1, 0.15) is 6.61 Å². The smallest absolute Gasteiger partial charge is 0.312 e. The minimum Gasteiger partial charge on any atom is -0.480 e. The molecule has 0 amide bonds. The van der Waals surface area contributed by atoms with E-state index in [1.807, 2.05) is 10.6 Å². The van der Waals surface area contributed by atoms with Crippen LogP contribution < -0.4 is 4.74 Å². The molecule has 0 fully saturated rings. The number of nitro groups is 1. The van der Waals surface area contributed by atoms with Gasteiger partial charge in [-0.25, -0.2) is 4.98 Å². The Kier molecular flexibility index (Phi) is 4.51. The van der Waals surface area contributed by atoms with Crippen molar-refractivity contribution in [1.82, 2.24) is 9.55 Å². The van der Waals surface area contributed by atoms with Crippen LogP contribution in [0.5, 0.6) is 5.75 Å². The summed E-state index contributed by atoms with van der Waals surface area (Å²) in [7, 11) is 0. The lowest BCUT2D eigenvalue weighted by Gasteiger charge is -2.09. The summed E-state index contributed by atoms with van der Waals surface area (Å²) in [4.78, 5) is 14.5. The number of nitrogens with zero attached hydrogens (tertiary/aromatic N) is 4. The van der Waals surface area contributed by atoms with E-state index >= 15 is 0 Å². The Morgan fingerprint density at radius 3 is 3.00 bits per heavy atom. The lowest BCUT2D eigenvalue weighted by molar-refractivity contribution is -0.386. The summed E-state index contributed by atoms with van der Waals surface area (Å²) in [6.07, 6.45) is 4.33. The lowest BCUT2D eigenvalue weighted by atomic mass is 10.2. The second-order valence-corrected chi connectivity index (χ2v) is 4.42. The molecule has 2 aromatic rings. The van der Waals surface area contributed by atoms with Crippen LogP contribution in [-0.4, -0.2) is 14.5 Å². The SMILES string of the molecule is CCCn1cncc1COc1ccc(C#N)cc1[N+](=O)[O-]. The van der Waals surface area contributed by atoms with Crippen LogP contribution in [0.2, 0.25) is 0 Å². The van der Waals surface area contributed by atoms with Crippen molar-refractivity contribution in [2.24, 2.45) is 0 Å². The van der Waals surface area contributed by atoms with Gasteiger partial charge in [-0.05, 0) is 18.6 Å². The van der Waals surface area contributed by atoms with E-state index in [0.29, 0.717) is 0 Å². The van der Waals surface area contributed by atoms with Crippen LogP contribution in [0.4, 0.5) is 5.69 Å². The topological polar surface area (TPSA) is 94.0 Å². The van der Waals surface area contributed by atoms with Crippen LogP contribution >= 0.6 is 0 Å². The molecule has 0 N–H and O–H groups in total. The average Bonchev–Trinajstić information content (AvgIpc) is 2.92. The van der Waals surface area contributed by atoms with Crippen molar-refractivity contribution in [3.05, 3.63) is 52.1 Å². The lowest BCUT2D eigenvalue weighted by Crippen LogP contribution is -2.06. The second kappa shape index (κ2) is 6.52. The number of ether oxygens (including phenoxy) is 1. The maximum absolute atomic E-state index is 11.0. The number of nitriles is 1. The number of imidazole rings is 1. The number of benzene rings is 1. The fourth-order valence-electron chi connectivity index (χ4n) is 1.91. The molecular weight excluding hydrogens is 272 g/mol. The summed E-state index contributed by atoms with van der Waals surface area (Å²) in [6.45, 7) is 3.05. The van der Waals surface area contributed by atoms with E-state index < -0.39 is 4.92 Å². The molecule has 0 saturated heterocycles. The maximum Gasteiger partial charge on any atom is 0.312 e. The van der Waals surface area contributed by atoms with Gasteiger partial charge < -0.3 is 9.30 Å². The van der Waals surface area contributed by atoms with Gasteiger partial charge in [-0.1, -0.05) is 6.92 Å². The van der Waals surface area contributed by atoms with E-state index in [0.717, 1.165) is 18.7 Å². The molecule has 7 nitrogen and oxygen atoms in total. The minimum absolute atomic E-state index is 0.142. The standard InChI is InChI=1S/C14H14N4O3/c1-2-5-17-10-16-8-12(17)9-21-14-4-3-11(7-15)6-13(14)18(19)20/h3-4,6,8,10H,2,5,9H2,1H3. The molecule has 0 spiro atoms. The number of hydrogen-bond acceptors (Lipinski definition) is 5. The van der Waals surface area contributed by atoms with Crippen molar-refractivity contribution in [3.63, 3.8) is 0 Å². The molecule has 0 aliphatic rings. The fraction of sp³-hybridized carbons (Fsp3) is 0.286. The molecule has 0 aliphatic carbocycles. The van der Waals surface area contributed by atoms with Crippen LogP contribution in [0.25, 0.3) is 0 Å². The highest BCUT2D eigenvalue weighted by Crippen LogP contribution is 2.28. The van der Waals surface area contributed by atoms with Crippen molar-refractivity contribution < 1.29 is 9.66 Å². The van der Waals surface area contributed by atoms with Gasteiger partial charge in [0.2, 0.25) is 0 Å². The van der Waals surface area contributed by atoms with Gasteiger partial charge in [0.15, 0.2) is 5.75 Å². The number of aromatic nitrogens is 2. The third-order valence-electron chi connectivity index (χ3n) is 2.92. The molecule has 21 heavy (non-hydrogen) atoms. The zero-order valence-electron chi connectivity index (χ0n) is 11.5. The van der Waals surface area contributed by atoms with E-state index in [4.69, 9.17) is 10.00 Å². The van der Waals surface area contributed by atoms with E-state index in [1.54, 1.807) is 12.5 Å². The second-order valence-electron chi connectivity index (χ2n) is 4.42. The van der Waals surface area contributed by atoms with Crippen LogP contribution in [0.15, 0.2) is 30.7 Å². The van der Waals surface area contributed by atoms with Gasteiger partial charge in [0.25, 0.3) is 0 Å². The normalized spacial score (nSPS) is 10.1. The number of rotatable bonds is 6. The molecule has 1 heterocycles. The zero-order valence-corrected chi connectivity index (χ0v) is 11.5. The van der Waals surface area contributed by atoms with E-state index in [2.05, 4.69) is 11.9 Å². The Morgan fingerprint density at radius 2 is 2.33 bits per heavy atom. The van der Waals surface area contributed by atoms with Crippen LogP contribution in [0.1, 0.15) is 24.6 Å². The number of nitro benzene ring substituents is 1. The third-order valence-corrected chi connectivity index (χ3v) is 2.92. The van der Waals surface area contributed by atoms with Crippen LogP contribution in [0.3, 0.4) is 0 Å². The summed E-state index contributed by atoms with van der Waals surface area (Å²) in [5.74, 6) is 0.142. The molecular formula is C14H14N4O3. The summed E-state index contributed by atoms with van der Waals surface area (Å²) < 4.78 is 7.46. The highest BCUT2D eigenvalue weighted by Gasteiger charge is 2.16. The molecule has 108 valence electrons. The Balaban J connectivity index is 2.18. The van der Waals surface area contributed by atoms with Gasteiger partial charge in [0.05, 0.1) is 34.8 Å². The third kappa shape index (κ3) is 3.36. The highest BCUT2D eigenvalue weighted by atomic mass is 16.6. The van der Waals surface area contributed by atoms with Crippen molar-refractivity contribution in [3.8, 4) is 11.8 Å². The Labute approximate surface area is 121 Å². The largest absolute Gasteiger partial charge is 0.480 e. The molecule has 0 radical (unpaired) electrons. The Hall–Kier alpha value is -2.88. The number of hydrogen-bond donors (Lipinski definition) is 0. The molecule has 0 unspecified atom stereocenters. The predicted molar refractivity (Wildman–Crippen MR) is 74.7 cm³/mol. The van der Waals surface area contributed by atoms with E-state index in [1.165, 1.54) is 18.2 Å². The molecule has 7 heteroatoms. The molecule has 1 aromatic heterocycles. The monoisotopic (exact) mass is 286 g/mol. The molecule has 0 aliphatic heterocycles. The van der Waals surface area contributed by atoms with Crippen molar-refractivity contribution in [2.45, 2.75) is 26.5 Å². The first-order valence-electron chi connectivity index (χ1n) is 6.46. The van der Waals surface area contributed by atoms with Crippen LogP contribution in [0, 0.1) is 21.4 Å². The molecule has 0 atom stereocenters. The van der Waals surface area contributed by atoms with E-state index in [-0.39, 0.29) is 23.6 Å². The molecule has 0 bridgehead atoms. The van der Waals surface area contributed by atoms with Gasteiger partial charge in [-0.2, -0.15) is 5.26 Å². The average molecular weight is 286 g/mol. The Bertz CT molecular complexity index is 688. The highest BCUT2D eigenvalue weighted by molar-refractivity contribution is 5.51. The molecule has 0 saturated carbocycles. The van der Waals surface area contributed by atoms with Gasteiger partial charge in [-0.15, -0.1) is 0 Å². The Morgan fingerprint density at radius 1 is 1.52 bits per heavy atom. The maximum atomic E-state index is 11.0. The molecule has 1 aromatic carbocycles. The first kappa shape index (κ1) is 14.5. The van der Waals surface area contributed by atoms with Gasteiger partial charge in [0, 0.05) is 12.6 Å². The summed E-state index contributed by atoms with van der Waals surface area (Å²) in [5.41, 5.74) is 0.858. The first-order chi connectivity index (χ1) is 10.2. The quantitative estimate of drug-likeness (QED) is 0.601. The van der Waals surface area contributed by atoms with Crippen molar-refractivity contribution >= 4 is 5.69 Å². The minimum atomic E-state index is -0.556. The van der Waals surface area contributed by atoms with E-state index in [9.17, 15) is 10.1 Å². The van der Waals surface area contributed by atoms with Gasteiger partial charge in [-0.3, -0.25) is 10.1 Å². The first-order valence-corrected chi connectivity index (χ1v) is 6.46. The zero-order chi connectivity index (χ0) is 15.2. The summed E-state index contributed by atoms with van der Waals surface area (Å²) >= 11 is 0. The fourth-order valence-corrected chi connectivity index (χ4v) is 1.91. The van der Waals surface area contributed by atoms with Crippen molar-refractivity contribution in [1.29, 1.82) is 5.26 Å². The summed E-state index contributed by atoms with van der Waals surface area (Å²) in [5, 5.41) is 19.8. The predicted octanol–water partition coefficient (Wildman–Crippen LogP) is 2.65. The van der Waals surface area contributed by atoms with Crippen molar-refractivity contribution in [2.75, 3.05) is 0 Å². The van der Waals surface area contributed by atoms with Gasteiger partial charge >= 0.3 is 5.69 Å². The summed E-state index contributed by atoms with van der Waals surface area (Å²) in [6, 6.07) is 6.01. The number of aryl methyl sites for hydroxylation is 1. The van der Waals surface area contributed by atoms with Crippen LogP contribution in [-0.2, 0) is 13.2 Å².